The molecule has 3 aromatic rings. The summed E-state index contributed by atoms with van der Waals surface area (Å²) in [7, 11) is 0. The average molecular weight is 376 g/mol. The molecule has 0 radical (unpaired) electrons. The van der Waals surface area contributed by atoms with E-state index in [2.05, 4.69) is 35.8 Å². The number of nitrogens with zero attached hydrogens (tertiary/aromatic N) is 6. The van der Waals surface area contributed by atoms with Gasteiger partial charge in [0.2, 0.25) is 11.6 Å². The molecule has 0 aliphatic heterocycles. The number of hydrogen-bond acceptors (Lipinski definition) is 8. The quantitative estimate of drug-likeness (QED) is 0.517. The van der Waals surface area contributed by atoms with Crippen molar-refractivity contribution in [3.05, 3.63) is 46.3 Å². The predicted octanol–water partition coefficient (Wildman–Crippen LogP) is 1.28. The molecule has 0 bridgehead atoms. The SMILES string of the molecule is C/C(=N/NC(=O)c1nnn(-c2nonc2N)c1C)c1cc(F)c(F)cc1C. The molecular formula is C15H14F2N8O2. The molecule has 0 saturated carbocycles. The number of halogens is 2. The fourth-order valence-electron chi connectivity index (χ4n) is 2.36. The minimum absolute atomic E-state index is 0.0161. The Hall–Kier alpha value is -3.70. The van der Waals surface area contributed by atoms with Crippen molar-refractivity contribution < 1.29 is 18.2 Å². The van der Waals surface area contributed by atoms with Crippen LogP contribution >= 0.6 is 0 Å². The summed E-state index contributed by atoms with van der Waals surface area (Å²) in [6.45, 7) is 4.72. The number of benzene rings is 1. The number of amides is 1. The summed E-state index contributed by atoms with van der Waals surface area (Å²) in [5.74, 6) is -2.54. The van der Waals surface area contributed by atoms with Gasteiger partial charge in [0.25, 0.3) is 5.91 Å². The second-order valence-corrected chi connectivity index (χ2v) is 5.63. The van der Waals surface area contributed by atoms with Gasteiger partial charge < -0.3 is 5.73 Å². The molecule has 27 heavy (non-hydrogen) atoms. The highest BCUT2D eigenvalue weighted by Gasteiger charge is 2.21. The molecule has 0 aliphatic carbocycles. The first kappa shape index (κ1) is 18.1. The van der Waals surface area contributed by atoms with Gasteiger partial charge in [0.05, 0.1) is 11.4 Å². The molecule has 1 amide bonds. The minimum atomic E-state index is -1.01. The Labute approximate surface area is 151 Å². The zero-order chi connectivity index (χ0) is 19.7. The third-order valence-corrected chi connectivity index (χ3v) is 3.79. The van der Waals surface area contributed by atoms with Crippen LogP contribution in [-0.4, -0.2) is 36.9 Å². The lowest BCUT2D eigenvalue weighted by Crippen LogP contribution is -2.21. The van der Waals surface area contributed by atoms with Crippen LogP contribution in [-0.2, 0) is 0 Å². The van der Waals surface area contributed by atoms with Crippen LogP contribution in [0.3, 0.4) is 0 Å². The largest absolute Gasteiger partial charge is 0.378 e. The molecule has 0 fully saturated rings. The Balaban J connectivity index is 1.82. The normalized spacial score (nSPS) is 11.7. The van der Waals surface area contributed by atoms with Crippen molar-refractivity contribution >= 4 is 17.4 Å². The molecule has 3 N–H and O–H groups in total. The van der Waals surface area contributed by atoms with Gasteiger partial charge in [0.1, 0.15) is 0 Å². The van der Waals surface area contributed by atoms with Crippen LogP contribution in [0.25, 0.3) is 5.82 Å². The van der Waals surface area contributed by atoms with Crippen molar-refractivity contribution in [3.63, 3.8) is 0 Å². The molecule has 3 rings (SSSR count). The lowest BCUT2D eigenvalue weighted by molar-refractivity contribution is 0.0949. The molecule has 0 aliphatic rings. The number of aromatic nitrogens is 5. The van der Waals surface area contributed by atoms with Crippen molar-refractivity contribution in [1.29, 1.82) is 0 Å². The summed E-state index contributed by atoms with van der Waals surface area (Å²) < 4.78 is 32.3. The highest BCUT2D eigenvalue weighted by molar-refractivity contribution is 6.01. The first-order valence-electron chi connectivity index (χ1n) is 7.61. The predicted molar refractivity (Wildman–Crippen MR) is 89.1 cm³/mol. The molecule has 12 heteroatoms. The Morgan fingerprint density at radius 2 is 1.96 bits per heavy atom. The maximum absolute atomic E-state index is 13.4. The van der Waals surface area contributed by atoms with Crippen LogP contribution in [0.15, 0.2) is 21.9 Å². The summed E-state index contributed by atoms with van der Waals surface area (Å²) >= 11 is 0. The number of carbonyl (C=O) groups excluding carboxylic acids is 1. The van der Waals surface area contributed by atoms with Gasteiger partial charge >= 0.3 is 0 Å². The second-order valence-electron chi connectivity index (χ2n) is 5.63. The maximum Gasteiger partial charge on any atom is 0.293 e. The van der Waals surface area contributed by atoms with E-state index in [0.29, 0.717) is 16.8 Å². The van der Waals surface area contributed by atoms with Crippen molar-refractivity contribution in [3.8, 4) is 5.82 Å². The second kappa shape index (κ2) is 6.90. The molecule has 2 heterocycles. The summed E-state index contributed by atoms with van der Waals surface area (Å²) in [6.07, 6.45) is 0. The number of nitrogen functional groups attached to an aromatic ring is 1. The van der Waals surface area contributed by atoms with E-state index in [9.17, 15) is 13.6 Å². The van der Waals surface area contributed by atoms with E-state index in [4.69, 9.17) is 5.73 Å². The molecule has 0 unspecified atom stereocenters. The maximum atomic E-state index is 13.4. The highest BCUT2D eigenvalue weighted by atomic mass is 19.2. The first-order valence-corrected chi connectivity index (χ1v) is 7.61. The van der Waals surface area contributed by atoms with E-state index in [1.807, 2.05) is 0 Å². The topological polar surface area (TPSA) is 137 Å². The number of hydrazone groups is 1. The molecule has 140 valence electrons. The number of rotatable bonds is 4. The van der Waals surface area contributed by atoms with E-state index in [1.165, 1.54) is 4.68 Å². The number of anilines is 1. The molecular weight excluding hydrogens is 362 g/mol. The number of nitrogens with one attached hydrogen (secondary N) is 1. The van der Waals surface area contributed by atoms with Gasteiger partial charge in [-0.1, -0.05) is 5.21 Å². The van der Waals surface area contributed by atoms with E-state index in [1.54, 1.807) is 20.8 Å². The fraction of sp³-hybridized carbons (Fsp3) is 0.200. The highest BCUT2D eigenvalue weighted by Crippen LogP contribution is 2.16. The number of carbonyl (C=O) groups is 1. The van der Waals surface area contributed by atoms with Crippen LogP contribution < -0.4 is 11.2 Å². The third kappa shape index (κ3) is 3.36. The summed E-state index contributed by atoms with van der Waals surface area (Å²) in [5.41, 5.74) is 9.30. The molecule has 2 aromatic heterocycles. The van der Waals surface area contributed by atoms with E-state index >= 15 is 0 Å². The molecule has 10 nitrogen and oxygen atoms in total. The Morgan fingerprint density at radius 3 is 2.63 bits per heavy atom. The van der Waals surface area contributed by atoms with Gasteiger partial charge in [-0.2, -0.15) is 9.78 Å². The zero-order valence-corrected chi connectivity index (χ0v) is 14.5. The third-order valence-electron chi connectivity index (χ3n) is 3.79. The smallest absolute Gasteiger partial charge is 0.293 e. The number of nitrogens with two attached hydrogens (primary N) is 1. The first-order chi connectivity index (χ1) is 12.8. The van der Waals surface area contributed by atoms with Gasteiger partial charge in [-0.25, -0.2) is 18.8 Å². The van der Waals surface area contributed by atoms with Crippen LogP contribution in [0, 0.1) is 25.5 Å². The van der Waals surface area contributed by atoms with Gasteiger partial charge in [-0.15, -0.1) is 5.10 Å². The fourth-order valence-corrected chi connectivity index (χ4v) is 2.36. The summed E-state index contributed by atoms with van der Waals surface area (Å²) in [6, 6.07) is 2.06. The molecule has 1 aromatic carbocycles. The van der Waals surface area contributed by atoms with Crippen molar-refractivity contribution in [2.24, 2.45) is 5.10 Å². The van der Waals surface area contributed by atoms with Gasteiger partial charge in [-0.05, 0) is 48.8 Å². The Kier molecular flexibility index (Phi) is 4.62. The number of aryl methyl sites for hydroxylation is 1. The van der Waals surface area contributed by atoms with E-state index in [-0.39, 0.29) is 23.0 Å². The molecule has 0 spiro atoms. The van der Waals surface area contributed by atoms with Crippen LogP contribution in [0.5, 0.6) is 0 Å². The van der Waals surface area contributed by atoms with Crippen LogP contribution in [0.1, 0.15) is 34.2 Å². The monoisotopic (exact) mass is 376 g/mol. The molecule has 0 saturated heterocycles. The standard InChI is InChI=1S/C15H14F2N8O2/c1-6-4-10(16)11(17)5-9(6)7(2)19-21-15(26)12-8(3)25(24-20-12)14-13(18)22-27-23-14/h4-5H,1-3H3,(H2,18,22)(H,21,26)/b19-7-. The van der Waals surface area contributed by atoms with Crippen molar-refractivity contribution in [2.75, 3.05) is 5.73 Å². The van der Waals surface area contributed by atoms with Crippen molar-refractivity contribution in [1.82, 2.24) is 30.7 Å². The summed E-state index contributed by atoms with van der Waals surface area (Å²) in [4.78, 5) is 12.3. The van der Waals surface area contributed by atoms with Crippen molar-refractivity contribution in [2.45, 2.75) is 20.8 Å². The lowest BCUT2D eigenvalue weighted by atomic mass is 10.0. The summed E-state index contributed by atoms with van der Waals surface area (Å²) in [5, 5.41) is 18.5. The minimum Gasteiger partial charge on any atom is -0.378 e. The average Bonchev–Trinajstić information content (AvgIpc) is 3.21. The van der Waals surface area contributed by atoms with Gasteiger partial charge in [0, 0.05) is 5.56 Å². The zero-order valence-electron chi connectivity index (χ0n) is 14.5. The Bertz CT molecular complexity index is 1060. The Morgan fingerprint density at radius 1 is 1.26 bits per heavy atom. The molecule has 0 atom stereocenters. The van der Waals surface area contributed by atoms with Gasteiger partial charge in [0.15, 0.2) is 17.3 Å². The van der Waals surface area contributed by atoms with E-state index < -0.39 is 17.5 Å². The number of hydrogen-bond donors (Lipinski definition) is 2. The van der Waals surface area contributed by atoms with Crippen LogP contribution in [0.4, 0.5) is 14.6 Å². The van der Waals surface area contributed by atoms with Gasteiger partial charge in [-0.3, -0.25) is 4.79 Å². The van der Waals surface area contributed by atoms with Crippen LogP contribution in [0.2, 0.25) is 0 Å². The van der Waals surface area contributed by atoms with E-state index in [0.717, 1.165) is 12.1 Å². The lowest BCUT2D eigenvalue weighted by Gasteiger charge is -2.07.